The average Bonchev–Trinajstić information content (AvgIpc) is 2.89. The number of halogens is 1. The topological polar surface area (TPSA) is 39.4 Å². The highest BCUT2D eigenvalue weighted by Gasteiger charge is 2.29. The maximum atomic E-state index is 14.2. The van der Waals surface area contributed by atoms with Crippen LogP contribution in [0.2, 0.25) is 0 Å². The van der Waals surface area contributed by atoms with Gasteiger partial charge in [0, 0.05) is 24.4 Å². The second kappa shape index (κ2) is 6.48. The lowest BCUT2D eigenvalue weighted by molar-refractivity contribution is -0.0192. The summed E-state index contributed by atoms with van der Waals surface area (Å²) in [5.74, 6) is -0.255. The Balaban J connectivity index is 1.60. The summed E-state index contributed by atoms with van der Waals surface area (Å²) in [6, 6.07) is 5.40. The van der Waals surface area contributed by atoms with E-state index in [2.05, 4.69) is 27.5 Å². The molecule has 114 valence electrons. The van der Waals surface area contributed by atoms with Gasteiger partial charge in [0.05, 0.1) is 30.1 Å². The van der Waals surface area contributed by atoms with Crippen molar-refractivity contribution in [2.24, 2.45) is 12.0 Å². The highest BCUT2D eigenvalue weighted by atomic mass is 32.1. The van der Waals surface area contributed by atoms with Crippen molar-refractivity contribution in [3.8, 4) is 11.1 Å². The van der Waals surface area contributed by atoms with Gasteiger partial charge in [-0.25, -0.2) is 9.38 Å². The van der Waals surface area contributed by atoms with E-state index in [-0.39, 0.29) is 24.6 Å². The van der Waals surface area contributed by atoms with Gasteiger partial charge in [0.25, 0.3) is 0 Å². The third-order valence-electron chi connectivity index (χ3n) is 3.87. The molecule has 0 aliphatic heterocycles. The van der Waals surface area contributed by atoms with Gasteiger partial charge in [-0.2, -0.15) is 5.10 Å². The summed E-state index contributed by atoms with van der Waals surface area (Å²) in [5.41, 5.74) is 2.27. The van der Waals surface area contributed by atoms with Crippen molar-refractivity contribution in [2.75, 3.05) is 0 Å². The van der Waals surface area contributed by atoms with Crippen LogP contribution in [-0.2, 0) is 18.4 Å². The Bertz CT molecular complexity index is 718. The van der Waals surface area contributed by atoms with E-state index in [0.717, 1.165) is 24.0 Å². The van der Waals surface area contributed by atoms with Crippen LogP contribution in [0.4, 0.5) is 4.39 Å². The number of hydrogen-bond acceptors (Lipinski definition) is 4. The van der Waals surface area contributed by atoms with E-state index in [4.69, 9.17) is 4.74 Å². The van der Waals surface area contributed by atoms with Crippen LogP contribution in [-0.4, -0.2) is 27.1 Å². The summed E-state index contributed by atoms with van der Waals surface area (Å²) in [4.78, 5) is 4.00. The third kappa shape index (κ3) is 3.30. The van der Waals surface area contributed by atoms with Crippen LogP contribution >= 0.6 is 12.2 Å². The lowest BCUT2D eigenvalue weighted by Crippen LogP contribution is -2.34. The number of benzene rings is 1. The second-order valence-corrected chi connectivity index (χ2v) is 5.67. The molecule has 3 rings (SSSR count). The van der Waals surface area contributed by atoms with Crippen molar-refractivity contribution in [1.29, 1.82) is 0 Å². The van der Waals surface area contributed by atoms with Crippen LogP contribution in [0.25, 0.3) is 11.1 Å². The van der Waals surface area contributed by atoms with Crippen molar-refractivity contribution in [3.63, 3.8) is 0 Å². The fourth-order valence-electron chi connectivity index (χ4n) is 2.48. The predicted molar refractivity (Wildman–Crippen MR) is 85.2 cm³/mol. The summed E-state index contributed by atoms with van der Waals surface area (Å²) >= 11 is 4.57. The first-order valence-electron chi connectivity index (χ1n) is 7.11. The number of aliphatic imine (C=N–C) groups is 1. The number of hydrogen-bond donors (Lipinski definition) is 0. The molecule has 4 nitrogen and oxygen atoms in total. The van der Waals surface area contributed by atoms with Crippen LogP contribution in [0.15, 0.2) is 35.6 Å². The van der Waals surface area contributed by atoms with E-state index in [9.17, 15) is 4.39 Å². The molecule has 0 bridgehead atoms. The van der Waals surface area contributed by atoms with E-state index in [1.54, 1.807) is 16.9 Å². The lowest BCUT2D eigenvalue weighted by Gasteiger charge is -2.31. The third-order valence-corrected chi connectivity index (χ3v) is 3.98. The van der Waals surface area contributed by atoms with E-state index in [1.165, 1.54) is 6.07 Å². The molecule has 1 fully saturated rings. The predicted octanol–water partition coefficient (Wildman–Crippen LogP) is 3.38. The largest absolute Gasteiger partial charge is 0.373 e. The molecular weight excluding hydrogens is 301 g/mol. The normalized spacial score (nSPS) is 20.3. The summed E-state index contributed by atoms with van der Waals surface area (Å²) in [7, 11) is 1.84. The molecule has 0 spiro atoms. The van der Waals surface area contributed by atoms with Gasteiger partial charge in [-0.15, -0.1) is 0 Å². The first-order chi connectivity index (χ1) is 10.7. The van der Waals surface area contributed by atoms with Gasteiger partial charge in [0.2, 0.25) is 0 Å². The van der Waals surface area contributed by atoms with Crippen LogP contribution in [0.1, 0.15) is 18.4 Å². The van der Waals surface area contributed by atoms with Gasteiger partial charge in [-0.3, -0.25) is 4.68 Å². The first kappa shape index (κ1) is 15.0. The minimum atomic E-state index is -0.255. The smallest absolute Gasteiger partial charge is 0.129 e. The summed E-state index contributed by atoms with van der Waals surface area (Å²) in [5, 5.41) is 6.48. The van der Waals surface area contributed by atoms with Crippen LogP contribution < -0.4 is 0 Å². The average molecular weight is 317 g/mol. The maximum absolute atomic E-state index is 14.2. The van der Waals surface area contributed by atoms with E-state index in [0.29, 0.717) is 5.56 Å². The quantitative estimate of drug-likeness (QED) is 0.627. The number of aromatic nitrogens is 2. The summed E-state index contributed by atoms with van der Waals surface area (Å²) in [6.07, 6.45) is 5.37. The minimum absolute atomic E-state index is 0.134. The Morgan fingerprint density at radius 3 is 2.91 bits per heavy atom. The maximum Gasteiger partial charge on any atom is 0.129 e. The Morgan fingerprint density at radius 1 is 1.45 bits per heavy atom. The Morgan fingerprint density at radius 2 is 2.27 bits per heavy atom. The van der Waals surface area contributed by atoms with Crippen molar-refractivity contribution < 1.29 is 9.13 Å². The van der Waals surface area contributed by atoms with Crippen LogP contribution in [0.3, 0.4) is 0 Å². The monoisotopic (exact) mass is 317 g/mol. The Kier molecular flexibility index (Phi) is 4.43. The molecule has 1 aromatic carbocycles. The fourth-order valence-corrected chi connectivity index (χ4v) is 2.62. The molecule has 1 aliphatic rings. The Hall–Kier alpha value is -1.88. The van der Waals surface area contributed by atoms with Crippen LogP contribution in [0.5, 0.6) is 0 Å². The zero-order valence-corrected chi connectivity index (χ0v) is 13.0. The molecule has 1 heterocycles. The number of thiocarbonyl (C=S) groups is 1. The van der Waals surface area contributed by atoms with Crippen molar-refractivity contribution in [2.45, 2.75) is 31.6 Å². The fraction of sp³-hybridized carbons (Fsp3) is 0.375. The molecule has 0 atom stereocenters. The second-order valence-electron chi connectivity index (χ2n) is 5.49. The van der Waals surface area contributed by atoms with Gasteiger partial charge < -0.3 is 4.74 Å². The first-order valence-corrected chi connectivity index (χ1v) is 7.52. The summed E-state index contributed by atoms with van der Waals surface area (Å²) in [6.45, 7) is 0.276. The standard InChI is InChI=1S/C16H16FN3OS/c1-20-8-13(7-19-20)11-2-3-12(16(17)4-11)9-21-15-5-14(6-15)18-10-22/h2-4,7-8,14-15H,5-6,9H2,1H3/t14-,15-. The molecule has 1 aromatic heterocycles. The zero-order valence-electron chi connectivity index (χ0n) is 12.2. The number of nitrogens with zero attached hydrogens (tertiary/aromatic N) is 3. The molecule has 6 heteroatoms. The SMILES string of the molecule is Cn1cc(-c2ccc(CO[C@H]3C[C@H](N=C=S)C3)c(F)c2)cn1. The molecule has 1 saturated carbocycles. The van der Waals surface area contributed by atoms with Gasteiger partial charge in [0.1, 0.15) is 5.82 Å². The molecule has 1 aliphatic carbocycles. The van der Waals surface area contributed by atoms with Crippen molar-refractivity contribution in [3.05, 3.63) is 42.0 Å². The van der Waals surface area contributed by atoms with E-state index < -0.39 is 0 Å². The van der Waals surface area contributed by atoms with Crippen molar-refractivity contribution in [1.82, 2.24) is 9.78 Å². The molecular formula is C16H16FN3OS. The Labute approximate surface area is 133 Å². The van der Waals surface area contributed by atoms with E-state index in [1.807, 2.05) is 19.3 Å². The molecule has 0 unspecified atom stereocenters. The molecule has 0 saturated heterocycles. The van der Waals surface area contributed by atoms with Crippen molar-refractivity contribution >= 4 is 17.4 Å². The molecule has 0 amide bonds. The van der Waals surface area contributed by atoms with Gasteiger partial charge in [-0.1, -0.05) is 12.1 Å². The highest BCUT2D eigenvalue weighted by molar-refractivity contribution is 7.78. The lowest BCUT2D eigenvalue weighted by atomic mass is 9.90. The molecule has 22 heavy (non-hydrogen) atoms. The van der Waals surface area contributed by atoms with Crippen LogP contribution in [0, 0.1) is 5.82 Å². The summed E-state index contributed by atoms with van der Waals surface area (Å²) < 4.78 is 21.6. The molecule has 0 radical (unpaired) electrons. The number of rotatable bonds is 5. The van der Waals surface area contributed by atoms with Gasteiger partial charge in [-0.05, 0) is 36.7 Å². The highest BCUT2D eigenvalue weighted by Crippen LogP contribution is 2.28. The molecule has 2 aromatic rings. The van der Waals surface area contributed by atoms with E-state index >= 15 is 0 Å². The molecule has 0 N–H and O–H groups in total. The zero-order chi connectivity index (χ0) is 15.5. The minimum Gasteiger partial charge on any atom is -0.373 e. The number of aryl methyl sites for hydroxylation is 1. The van der Waals surface area contributed by atoms with Gasteiger partial charge >= 0.3 is 0 Å². The number of ether oxygens (including phenoxy) is 1. The van der Waals surface area contributed by atoms with Gasteiger partial charge in [0.15, 0.2) is 0 Å². The number of isothiocyanates is 1.